The second-order valence-corrected chi connectivity index (χ2v) is 6.61. The van der Waals surface area contributed by atoms with Crippen LogP contribution in [0, 0.1) is 0 Å². The quantitative estimate of drug-likeness (QED) is 0.821. The molecule has 0 bridgehead atoms. The molecule has 1 N–H and O–H groups in total. The largest absolute Gasteiger partial charge is 0.377 e. The Morgan fingerprint density at radius 1 is 1.45 bits per heavy atom. The summed E-state index contributed by atoms with van der Waals surface area (Å²) in [6.07, 6.45) is 2.60. The maximum atomic E-state index is 6.13. The number of ether oxygens (including phenoxy) is 1. The van der Waals surface area contributed by atoms with E-state index in [0.29, 0.717) is 17.7 Å². The molecule has 7 heteroatoms. The van der Waals surface area contributed by atoms with Gasteiger partial charge in [-0.15, -0.1) is 10.2 Å². The van der Waals surface area contributed by atoms with Gasteiger partial charge in [-0.2, -0.15) is 0 Å². The zero-order valence-corrected chi connectivity index (χ0v) is 14.0. The Bertz CT molecular complexity index is 628. The van der Waals surface area contributed by atoms with E-state index in [1.54, 1.807) is 11.8 Å². The predicted octanol–water partition coefficient (Wildman–Crippen LogP) is 2.91. The summed E-state index contributed by atoms with van der Waals surface area (Å²) in [5.41, 5.74) is 0.984. The van der Waals surface area contributed by atoms with E-state index in [-0.39, 0.29) is 0 Å². The minimum atomic E-state index is 0.322. The molecule has 1 fully saturated rings. The summed E-state index contributed by atoms with van der Waals surface area (Å²) in [5, 5.41) is 13.4. The van der Waals surface area contributed by atoms with Crippen molar-refractivity contribution in [3.8, 4) is 5.69 Å². The molecule has 1 aliphatic rings. The molecular formula is C15H19ClN4OS. The van der Waals surface area contributed by atoms with Crippen molar-refractivity contribution in [1.82, 2.24) is 20.1 Å². The molecular weight excluding hydrogens is 320 g/mol. The fourth-order valence-electron chi connectivity index (χ4n) is 2.48. The van der Waals surface area contributed by atoms with Crippen molar-refractivity contribution in [2.75, 3.05) is 19.4 Å². The van der Waals surface area contributed by atoms with Gasteiger partial charge < -0.3 is 10.1 Å². The van der Waals surface area contributed by atoms with Gasteiger partial charge in [0.25, 0.3) is 0 Å². The Morgan fingerprint density at radius 2 is 2.36 bits per heavy atom. The summed E-state index contributed by atoms with van der Waals surface area (Å²) in [6.45, 7) is 1.53. The van der Waals surface area contributed by atoms with Crippen LogP contribution >= 0.6 is 23.4 Å². The molecule has 0 spiro atoms. The summed E-state index contributed by atoms with van der Waals surface area (Å²) in [4.78, 5) is 0. The molecule has 1 aromatic heterocycles. The van der Waals surface area contributed by atoms with E-state index in [1.807, 2.05) is 31.3 Å². The summed E-state index contributed by atoms with van der Waals surface area (Å²) in [6, 6.07) is 7.76. The van der Waals surface area contributed by atoms with Crippen LogP contribution in [0.15, 0.2) is 29.4 Å². The lowest BCUT2D eigenvalue weighted by molar-refractivity contribution is 0.129. The predicted molar refractivity (Wildman–Crippen MR) is 88.8 cm³/mol. The topological polar surface area (TPSA) is 52.0 Å². The van der Waals surface area contributed by atoms with E-state index in [9.17, 15) is 0 Å². The molecule has 1 aromatic carbocycles. The molecule has 2 heterocycles. The highest BCUT2D eigenvalue weighted by atomic mass is 35.5. The summed E-state index contributed by atoms with van der Waals surface area (Å²) >= 11 is 7.81. The molecule has 3 rings (SSSR count). The number of hydrogen-bond donors (Lipinski definition) is 1. The fourth-order valence-corrected chi connectivity index (χ4v) is 3.71. The second kappa shape index (κ2) is 7.46. The molecule has 118 valence electrons. The van der Waals surface area contributed by atoms with Gasteiger partial charge in [0, 0.05) is 17.4 Å². The van der Waals surface area contributed by atoms with E-state index in [0.717, 1.165) is 41.9 Å². The van der Waals surface area contributed by atoms with Gasteiger partial charge in [-0.25, -0.2) is 0 Å². The molecule has 22 heavy (non-hydrogen) atoms. The van der Waals surface area contributed by atoms with Gasteiger partial charge in [0.1, 0.15) is 0 Å². The molecule has 1 atom stereocenters. The summed E-state index contributed by atoms with van der Waals surface area (Å²) in [7, 11) is 1.90. The van der Waals surface area contributed by atoms with E-state index in [2.05, 4.69) is 20.1 Å². The second-order valence-electron chi connectivity index (χ2n) is 5.19. The van der Waals surface area contributed by atoms with E-state index < -0.39 is 0 Å². The monoisotopic (exact) mass is 338 g/mol. The van der Waals surface area contributed by atoms with E-state index in [1.165, 1.54) is 0 Å². The van der Waals surface area contributed by atoms with Gasteiger partial charge in [-0.1, -0.05) is 29.4 Å². The molecule has 0 saturated carbocycles. The van der Waals surface area contributed by atoms with Crippen molar-refractivity contribution < 1.29 is 4.74 Å². The minimum absolute atomic E-state index is 0.322. The Morgan fingerprint density at radius 3 is 3.09 bits per heavy atom. The number of nitrogens with one attached hydrogen (secondary N) is 1. The molecule has 2 aromatic rings. The fraction of sp³-hybridized carbons (Fsp3) is 0.467. The highest BCUT2D eigenvalue weighted by molar-refractivity contribution is 7.99. The third-order valence-electron chi connectivity index (χ3n) is 3.52. The normalized spacial score (nSPS) is 18.0. The smallest absolute Gasteiger partial charge is 0.195 e. The molecule has 0 aliphatic carbocycles. The molecule has 1 aliphatic heterocycles. The highest BCUT2D eigenvalue weighted by Crippen LogP contribution is 2.26. The number of aromatic nitrogens is 3. The van der Waals surface area contributed by atoms with Crippen molar-refractivity contribution in [2.45, 2.75) is 30.6 Å². The van der Waals surface area contributed by atoms with E-state index in [4.69, 9.17) is 16.3 Å². The zero-order chi connectivity index (χ0) is 15.4. The number of halogens is 1. The first-order valence-electron chi connectivity index (χ1n) is 7.37. The first-order chi connectivity index (χ1) is 10.8. The third kappa shape index (κ3) is 3.63. The molecule has 0 unspecified atom stereocenters. The lowest BCUT2D eigenvalue weighted by atomic mass is 10.3. The third-order valence-corrected chi connectivity index (χ3v) is 4.82. The minimum Gasteiger partial charge on any atom is -0.377 e. The van der Waals surface area contributed by atoms with Crippen molar-refractivity contribution >= 4 is 23.4 Å². The lowest BCUT2D eigenvalue weighted by Gasteiger charge is -2.12. The zero-order valence-electron chi connectivity index (χ0n) is 12.5. The molecule has 1 saturated heterocycles. The van der Waals surface area contributed by atoms with Gasteiger partial charge in [0.15, 0.2) is 11.0 Å². The van der Waals surface area contributed by atoms with Crippen molar-refractivity contribution in [3.05, 3.63) is 35.1 Å². The summed E-state index contributed by atoms with van der Waals surface area (Å²) in [5.74, 6) is 1.78. The van der Waals surface area contributed by atoms with Crippen LogP contribution in [0.25, 0.3) is 5.69 Å². The van der Waals surface area contributed by atoms with Gasteiger partial charge in [0.2, 0.25) is 0 Å². The molecule has 5 nitrogen and oxygen atoms in total. The van der Waals surface area contributed by atoms with Crippen molar-refractivity contribution in [3.63, 3.8) is 0 Å². The van der Waals surface area contributed by atoms with Crippen molar-refractivity contribution in [2.24, 2.45) is 0 Å². The van der Waals surface area contributed by atoms with Gasteiger partial charge >= 0.3 is 0 Å². The lowest BCUT2D eigenvalue weighted by Crippen LogP contribution is -2.13. The van der Waals surface area contributed by atoms with Crippen LogP contribution in [0.2, 0.25) is 5.02 Å². The van der Waals surface area contributed by atoms with Crippen molar-refractivity contribution in [1.29, 1.82) is 0 Å². The number of nitrogens with zero attached hydrogens (tertiary/aromatic N) is 3. The maximum Gasteiger partial charge on any atom is 0.195 e. The van der Waals surface area contributed by atoms with Crippen LogP contribution < -0.4 is 5.32 Å². The SMILES string of the molecule is CNCc1nnc(SC[C@@H]2CCCO2)n1-c1cccc(Cl)c1. The number of thioether (sulfide) groups is 1. The van der Waals surface area contributed by atoms with Crippen LogP contribution in [-0.2, 0) is 11.3 Å². The molecule has 0 amide bonds. The first kappa shape index (κ1) is 15.8. The Labute approximate surface area is 139 Å². The van der Waals surface area contributed by atoms with Crippen LogP contribution in [0.4, 0.5) is 0 Å². The van der Waals surface area contributed by atoms with Gasteiger partial charge in [-0.05, 0) is 38.1 Å². The molecule has 0 radical (unpaired) electrons. The Kier molecular flexibility index (Phi) is 5.36. The van der Waals surface area contributed by atoms with E-state index >= 15 is 0 Å². The number of hydrogen-bond acceptors (Lipinski definition) is 5. The maximum absolute atomic E-state index is 6.13. The number of rotatable bonds is 6. The van der Waals surface area contributed by atoms with Gasteiger partial charge in [0.05, 0.1) is 18.3 Å². The average Bonchev–Trinajstić information content (AvgIpc) is 3.15. The number of benzene rings is 1. The Balaban J connectivity index is 1.85. The van der Waals surface area contributed by atoms with Crippen LogP contribution in [0.5, 0.6) is 0 Å². The van der Waals surface area contributed by atoms with Crippen LogP contribution in [0.1, 0.15) is 18.7 Å². The van der Waals surface area contributed by atoms with Crippen LogP contribution in [0.3, 0.4) is 0 Å². The average molecular weight is 339 g/mol. The summed E-state index contributed by atoms with van der Waals surface area (Å²) < 4.78 is 7.74. The van der Waals surface area contributed by atoms with Crippen LogP contribution in [-0.4, -0.2) is 40.3 Å². The standard InChI is InChI=1S/C15H19ClN4OS/c1-17-9-14-18-19-15(22-10-13-6-3-7-21-13)20(14)12-5-2-4-11(16)8-12/h2,4-5,8,13,17H,3,6-7,9-10H2,1H3/t13-/m0/s1. The first-order valence-corrected chi connectivity index (χ1v) is 8.73. The Hall–Kier alpha value is -1.08. The van der Waals surface area contributed by atoms with Gasteiger partial charge in [-0.3, -0.25) is 4.57 Å². The highest BCUT2D eigenvalue weighted by Gasteiger charge is 2.19.